The van der Waals surface area contributed by atoms with Gasteiger partial charge in [-0.05, 0) is 43.4 Å². The third kappa shape index (κ3) is 4.07. The predicted molar refractivity (Wildman–Crippen MR) is 105 cm³/mol. The Morgan fingerprint density at radius 1 is 1.14 bits per heavy atom. The van der Waals surface area contributed by atoms with Crippen LogP contribution < -0.4 is 19.5 Å². The molecule has 0 radical (unpaired) electrons. The number of amides is 1. The zero-order chi connectivity index (χ0) is 19.6. The molecule has 1 saturated heterocycles. The van der Waals surface area contributed by atoms with E-state index in [4.69, 9.17) is 18.9 Å². The Hall–Kier alpha value is -1.95. The van der Waals surface area contributed by atoms with Gasteiger partial charge in [0.25, 0.3) is 0 Å². The molecule has 0 unspecified atom stereocenters. The maximum Gasteiger partial charge on any atom is 0.217 e. The minimum absolute atomic E-state index is 0.0212. The van der Waals surface area contributed by atoms with Crippen LogP contribution in [0.2, 0.25) is 0 Å². The van der Waals surface area contributed by atoms with Crippen LogP contribution in [0.15, 0.2) is 12.1 Å². The van der Waals surface area contributed by atoms with Crippen molar-refractivity contribution >= 4 is 5.91 Å². The smallest absolute Gasteiger partial charge is 0.217 e. The lowest BCUT2D eigenvalue weighted by molar-refractivity contribution is -0.158. The molecule has 1 amide bonds. The molecular formula is C22H31NO5. The highest BCUT2D eigenvalue weighted by molar-refractivity contribution is 5.73. The van der Waals surface area contributed by atoms with Gasteiger partial charge in [0, 0.05) is 19.4 Å². The second-order valence-electron chi connectivity index (χ2n) is 8.29. The zero-order valence-corrected chi connectivity index (χ0v) is 16.9. The van der Waals surface area contributed by atoms with Crippen molar-refractivity contribution in [1.82, 2.24) is 5.32 Å². The summed E-state index contributed by atoms with van der Waals surface area (Å²) in [5, 5.41) is 3.15. The van der Waals surface area contributed by atoms with E-state index in [2.05, 4.69) is 5.32 Å². The lowest BCUT2D eigenvalue weighted by Gasteiger charge is -2.47. The van der Waals surface area contributed by atoms with E-state index in [1.165, 1.54) is 19.3 Å². The maximum absolute atomic E-state index is 11.7. The summed E-state index contributed by atoms with van der Waals surface area (Å²) in [4.78, 5) is 11.7. The van der Waals surface area contributed by atoms with Gasteiger partial charge in [-0.3, -0.25) is 4.79 Å². The highest BCUT2D eigenvalue weighted by atomic mass is 16.5. The van der Waals surface area contributed by atoms with E-state index < -0.39 is 0 Å². The fourth-order valence-electron chi connectivity index (χ4n) is 4.91. The first-order chi connectivity index (χ1) is 13.6. The quantitative estimate of drug-likeness (QED) is 0.849. The fourth-order valence-corrected chi connectivity index (χ4v) is 4.91. The molecular weight excluding hydrogens is 358 g/mol. The third-order valence-corrected chi connectivity index (χ3v) is 6.11. The molecule has 1 saturated carbocycles. The third-order valence-electron chi connectivity index (χ3n) is 6.11. The van der Waals surface area contributed by atoms with Gasteiger partial charge >= 0.3 is 0 Å². The molecule has 1 N–H and O–H groups in total. The molecule has 1 aliphatic carbocycles. The number of hydrogen-bond acceptors (Lipinski definition) is 5. The van der Waals surface area contributed by atoms with E-state index in [-0.39, 0.29) is 23.7 Å². The minimum Gasteiger partial charge on any atom is -0.493 e. The van der Waals surface area contributed by atoms with Crippen LogP contribution in [0.25, 0.3) is 0 Å². The van der Waals surface area contributed by atoms with Crippen molar-refractivity contribution in [2.45, 2.75) is 76.0 Å². The first-order valence-electron chi connectivity index (χ1n) is 10.5. The maximum atomic E-state index is 11.7. The summed E-state index contributed by atoms with van der Waals surface area (Å²) in [7, 11) is 1.65. The second-order valence-corrected chi connectivity index (χ2v) is 8.29. The summed E-state index contributed by atoms with van der Waals surface area (Å²) < 4.78 is 24.1. The molecule has 4 rings (SSSR count). The number of carbonyl (C=O) groups is 1. The van der Waals surface area contributed by atoms with Gasteiger partial charge in [0.1, 0.15) is 0 Å². The monoisotopic (exact) mass is 389 g/mol. The molecule has 154 valence electrons. The Morgan fingerprint density at radius 2 is 1.93 bits per heavy atom. The zero-order valence-electron chi connectivity index (χ0n) is 16.9. The second kappa shape index (κ2) is 8.19. The van der Waals surface area contributed by atoms with Gasteiger partial charge in [0.15, 0.2) is 11.5 Å². The minimum atomic E-state index is -0.147. The van der Waals surface area contributed by atoms with E-state index in [1.807, 2.05) is 12.1 Å². The Morgan fingerprint density at radius 3 is 2.68 bits per heavy atom. The number of carbonyl (C=O) groups excluding carboxylic acids is 1. The van der Waals surface area contributed by atoms with Crippen molar-refractivity contribution in [1.29, 1.82) is 0 Å². The van der Waals surface area contributed by atoms with E-state index in [1.54, 1.807) is 14.0 Å². The Labute approximate surface area is 166 Å². The van der Waals surface area contributed by atoms with Crippen molar-refractivity contribution in [2.75, 3.05) is 20.3 Å². The van der Waals surface area contributed by atoms with Crippen LogP contribution in [0, 0.1) is 0 Å². The van der Waals surface area contributed by atoms with Gasteiger partial charge in [-0.15, -0.1) is 0 Å². The van der Waals surface area contributed by atoms with Gasteiger partial charge in [0.05, 0.1) is 32.0 Å². The van der Waals surface area contributed by atoms with Crippen molar-refractivity contribution in [3.05, 3.63) is 17.7 Å². The number of benzene rings is 1. The van der Waals surface area contributed by atoms with Crippen LogP contribution in [-0.4, -0.2) is 37.9 Å². The summed E-state index contributed by atoms with van der Waals surface area (Å²) in [5.74, 6) is 2.09. The van der Waals surface area contributed by atoms with Crippen LogP contribution in [-0.2, 0) is 9.53 Å². The molecule has 6 heteroatoms. The molecule has 2 aliphatic heterocycles. The summed E-state index contributed by atoms with van der Waals surface area (Å²) >= 11 is 0. The lowest BCUT2D eigenvalue weighted by Crippen LogP contribution is -2.50. The van der Waals surface area contributed by atoms with Crippen LogP contribution >= 0.6 is 0 Å². The number of ether oxygens (including phenoxy) is 4. The number of methoxy groups -OCH3 is 1. The van der Waals surface area contributed by atoms with Gasteiger partial charge in [-0.25, -0.2) is 0 Å². The van der Waals surface area contributed by atoms with E-state index in [0.717, 1.165) is 43.4 Å². The summed E-state index contributed by atoms with van der Waals surface area (Å²) in [5.41, 5.74) is 0.882. The predicted octanol–water partition coefficient (Wildman–Crippen LogP) is 3.92. The topological polar surface area (TPSA) is 66.0 Å². The van der Waals surface area contributed by atoms with Crippen LogP contribution in [0.1, 0.15) is 70.0 Å². The average Bonchev–Trinajstić information content (AvgIpc) is 2.92. The Balaban J connectivity index is 1.66. The number of nitrogens with one attached hydrogen (secondary N) is 1. The number of fused-ring (bicyclic) bond motifs is 1. The highest BCUT2D eigenvalue weighted by Gasteiger charge is 2.43. The molecule has 1 aromatic rings. The normalized spacial score (nSPS) is 26.4. The van der Waals surface area contributed by atoms with Crippen LogP contribution in [0.4, 0.5) is 0 Å². The van der Waals surface area contributed by atoms with Gasteiger partial charge < -0.3 is 24.3 Å². The molecule has 1 aromatic carbocycles. The van der Waals surface area contributed by atoms with Crippen molar-refractivity contribution in [3.8, 4) is 17.2 Å². The SMILES string of the molecule is COc1cc([C@H]2C[C@@H](NC(C)=O)CC3(CCCCC3)O2)cc2c1OCCCO2. The summed E-state index contributed by atoms with van der Waals surface area (Å²) in [6.45, 7) is 2.84. The van der Waals surface area contributed by atoms with Crippen molar-refractivity contribution in [3.63, 3.8) is 0 Å². The highest BCUT2D eigenvalue weighted by Crippen LogP contribution is 2.48. The molecule has 6 nitrogen and oxygen atoms in total. The van der Waals surface area contributed by atoms with Gasteiger partial charge in [0.2, 0.25) is 11.7 Å². The first kappa shape index (κ1) is 19.4. The van der Waals surface area contributed by atoms with Crippen LogP contribution in [0.5, 0.6) is 17.2 Å². The van der Waals surface area contributed by atoms with E-state index in [9.17, 15) is 4.79 Å². The van der Waals surface area contributed by atoms with Crippen LogP contribution in [0.3, 0.4) is 0 Å². The molecule has 0 aromatic heterocycles. The molecule has 28 heavy (non-hydrogen) atoms. The fraction of sp³-hybridized carbons (Fsp3) is 0.682. The van der Waals surface area contributed by atoms with Crippen molar-refractivity contribution < 1.29 is 23.7 Å². The summed E-state index contributed by atoms with van der Waals surface area (Å²) in [6.07, 6.45) is 8.14. The number of hydrogen-bond donors (Lipinski definition) is 1. The average molecular weight is 389 g/mol. The molecule has 2 fully saturated rings. The molecule has 1 spiro atoms. The van der Waals surface area contributed by atoms with Gasteiger partial charge in [-0.1, -0.05) is 19.3 Å². The first-order valence-corrected chi connectivity index (χ1v) is 10.5. The van der Waals surface area contributed by atoms with Gasteiger partial charge in [-0.2, -0.15) is 0 Å². The van der Waals surface area contributed by atoms with E-state index >= 15 is 0 Å². The van der Waals surface area contributed by atoms with E-state index in [0.29, 0.717) is 24.7 Å². The molecule has 2 heterocycles. The Bertz CT molecular complexity index is 713. The Kier molecular flexibility index (Phi) is 5.67. The molecule has 0 bridgehead atoms. The molecule has 2 atom stereocenters. The number of rotatable bonds is 3. The van der Waals surface area contributed by atoms with Crippen molar-refractivity contribution in [2.24, 2.45) is 0 Å². The standard InChI is InChI=1S/C22H31NO5/c1-15(24)23-17-13-18(28-22(14-17)7-4-3-5-8-22)16-11-19(25-2)21-20(12-16)26-9-6-10-27-21/h11-12,17-18H,3-10,13-14H2,1-2H3,(H,23,24)/t17-,18-/m1/s1. The summed E-state index contributed by atoms with van der Waals surface area (Å²) in [6, 6.07) is 4.15. The lowest BCUT2D eigenvalue weighted by atomic mass is 9.76. The largest absolute Gasteiger partial charge is 0.493 e. The molecule has 3 aliphatic rings.